The third-order valence-electron chi connectivity index (χ3n) is 4.93. The Bertz CT molecular complexity index is 811. The smallest absolute Gasteiger partial charge is 0.412 e. The zero-order chi connectivity index (χ0) is 20.7. The molecule has 0 radical (unpaired) electrons. The monoisotopic (exact) mass is 435 g/mol. The minimum atomic E-state index is -1.30. The molecule has 3 rings (SSSR count). The molecule has 1 aliphatic rings. The predicted molar refractivity (Wildman–Crippen MR) is 112 cm³/mol. The van der Waals surface area contributed by atoms with Crippen LogP contribution in [0.25, 0.3) is 0 Å². The summed E-state index contributed by atoms with van der Waals surface area (Å²) in [6, 6.07) is 16.4. The van der Waals surface area contributed by atoms with Crippen molar-refractivity contribution in [2.24, 2.45) is 5.92 Å². The van der Waals surface area contributed by atoms with Gasteiger partial charge in [0.05, 0.1) is 6.61 Å². The number of benzene rings is 2. The SMILES string of the molecule is O=Cc1ccc(OCCC2CCN(C(=O)OCc3ccccc3)C(Cl)(Cl)C2)cc1. The molecule has 1 aliphatic heterocycles. The molecule has 0 aromatic heterocycles. The summed E-state index contributed by atoms with van der Waals surface area (Å²) in [6.07, 6.45) is 2.27. The molecule has 1 unspecified atom stereocenters. The minimum absolute atomic E-state index is 0.181. The number of amides is 1. The molecular weight excluding hydrogens is 413 g/mol. The highest BCUT2D eigenvalue weighted by Crippen LogP contribution is 2.40. The summed E-state index contributed by atoms with van der Waals surface area (Å²) in [6.45, 7) is 1.12. The molecule has 0 bridgehead atoms. The van der Waals surface area contributed by atoms with Crippen molar-refractivity contribution in [1.82, 2.24) is 4.90 Å². The second-order valence-electron chi connectivity index (χ2n) is 7.04. The number of piperidine rings is 1. The van der Waals surface area contributed by atoms with Crippen LogP contribution >= 0.6 is 23.2 Å². The van der Waals surface area contributed by atoms with E-state index in [1.807, 2.05) is 30.3 Å². The van der Waals surface area contributed by atoms with E-state index in [-0.39, 0.29) is 12.5 Å². The predicted octanol–water partition coefficient (Wildman–Crippen LogP) is 5.45. The van der Waals surface area contributed by atoms with E-state index < -0.39 is 10.6 Å². The van der Waals surface area contributed by atoms with Crippen molar-refractivity contribution in [2.45, 2.75) is 30.3 Å². The van der Waals surface area contributed by atoms with Crippen molar-refractivity contribution >= 4 is 35.6 Å². The zero-order valence-corrected chi connectivity index (χ0v) is 17.4. The number of likely N-dealkylation sites (tertiary alicyclic amines) is 1. The molecule has 0 spiro atoms. The number of rotatable bonds is 7. The molecule has 1 saturated heterocycles. The molecule has 154 valence electrons. The summed E-state index contributed by atoms with van der Waals surface area (Å²) >= 11 is 12.9. The third kappa shape index (κ3) is 6.12. The van der Waals surface area contributed by atoms with Gasteiger partial charge in [0.2, 0.25) is 0 Å². The molecule has 1 atom stereocenters. The van der Waals surface area contributed by atoms with E-state index in [1.54, 1.807) is 24.3 Å². The Morgan fingerprint density at radius 1 is 1.14 bits per heavy atom. The first-order valence-corrected chi connectivity index (χ1v) is 10.3. The molecule has 2 aromatic carbocycles. The fourth-order valence-electron chi connectivity index (χ4n) is 3.29. The van der Waals surface area contributed by atoms with Crippen LogP contribution in [0.5, 0.6) is 5.75 Å². The van der Waals surface area contributed by atoms with E-state index >= 15 is 0 Å². The van der Waals surface area contributed by atoms with E-state index in [0.29, 0.717) is 30.9 Å². The Labute approximate surface area is 180 Å². The van der Waals surface area contributed by atoms with Crippen LogP contribution < -0.4 is 4.74 Å². The fraction of sp³-hybridized carbons (Fsp3) is 0.364. The van der Waals surface area contributed by atoms with Gasteiger partial charge in [-0.1, -0.05) is 53.5 Å². The number of aldehydes is 1. The van der Waals surface area contributed by atoms with Gasteiger partial charge >= 0.3 is 6.09 Å². The van der Waals surface area contributed by atoms with Crippen molar-refractivity contribution in [1.29, 1.82) is 0 Å². The first-order valence-electron chi connectivity index (χ1n) is 9.52. The van der Waals surface area contributed by atoms with Crippen molar-refractivity contribution < 1.29 is 19.1 Å². The second kappa shape index (κ2) is 9.99. The first-order chi connectivity index (χ1) is 14.0. The van der Waals surface area contributed by atoms with E-state index in [0.717, 1.165) is 24.7 Å². The average Bonchev–Trinajstić information content (AvgIpc) is 2.73. The number of hydrogen-bond acceptors (Lipinski definition) is 4. The number of carbonyl (C=O) groups is 2. The standard InChI is InChI=1S/C22H23Cl2NO4/c23-22(24)14-17(11-13-28-20-8-6-18(15-26)7-9-20)10-12-25(22)21(27)29-16-19-4-2-1-3-5-19/h1-9,15,17H,10-14,16H2. The summed E-state index contributed by atoms with van der Waals surface area (Å²) in [5, 5.41) is 0. The molecule has 7 heteroatoms. The first kappa shape index (κ1) is 21.5. The van der Waals surface area contributed by atoms with Crippen LogP contribution in [0.4, 0.5) is 4.79 Å². The fourth-order valence-corrected chi connectivity index (χ4v) is 4.03. The van der Waals surface area contributed by atoms with Gasteiger partial charge in [-0.15, -0.1) is 0 Å². The maximum absolute atomic E-state index is 12.4. The molecule has 2 aromatic rings. The van der Waals surface area contributed by atoms with Gasteiger partial charge in [-0.25, -0.2) is 4.79 Å². The highest BCUT2D eigenvalue weighted by atomic mass is 35.5. The summed E-state index contributed by atoms with van der Waals surface area (Å²) in [7, 11) is 0. The van der Waals surface area contributed by atoms with Crippen LogP contribution in [0.1, 0.15) is 35.2 Å². The van der Waals surface area contributed by atoms with Gasteiger partial charge in [-0.05, 0) is 48.6 Å². The Morgan fingerprint density at radius 3 is 2.52 bits per heavy atom. The van der Waals surface area contributed by atoms with E-state index in [9.17, 15) is 9.59 Å². The minimum Gasteiger partial charge on any atom is -0.494 e. The number of nitrogens with zero attached hydrogens (tertiary/aromatic N) is 1. The van der Waals surface area contributed by atoms with Crippen LogP contribution in [0.3, 0.4) is 0 Å². The van der Waals surface area contributed by atoms with Crippen molar-refractivity contribution in [3.8, 4) is 5.75 Å². The molecular formula is C22H23Cl2NO4. The molecule has 1 amide bonds. The normalized spacial score (nSPS) is 18.1. The zero-order valence-electron chi connectivity index (χ0n) is 15.9. The Balaban J connectivity index is 1.44. The molecule has 1 heterocycles. The van der Waals surface area contributed by atoms with Gasteiger partial charge in [0, 0.05) is 18.5 Å². The van der Waals surface area contributed by atoms with Gasteiger partial charge < -0.3 is 9.47 Å². The number of hydrogen-bond donors (Lipinski definition) is 0. The lowest BCUT2D eigenvalue weighted by molar-refractivity contribution is 0.0628. The van der Waals surface area contributed by atoms with Gasteiger partial charge in [-0.3, -0.25) is 9.69 Å². The molecule has 29 heavy (non-hydrogen) atoms. The average molecular weight is 436 g/mol. The molecule has 0 aliphatic carbocycles. The topological polar surface area (TPSA) is 55.8 Å². The maximum atomic E-state index is 12.4. The number of halogens is 2. The van der Waals surface area contributed by atoms with Gasteiger partial charge in [0.25, 0.3) is 0 Å². The van der Waals surface area contributed by atoms with Crippen LogP contribution in [0.2, 0.25) is 0 Å². The third-order valence-corrected chi connectivity index (χ3v) is 5.64. The van der Waals surface area contributed by atoms with Crippen molar-refractivity contribution in [3.63, 3.8) is 0 Å². The Hall–Kier alpha value is -2.24. The summed E-state index contributed by atoms with van der Waals surface area (Å²) in [4.78, 5) is 24.5. The molecule has 0 saturated carbocycles. The Morgan fingerprint density at radius 2 is 1.86 bits per heavy atom. The Kier molecular flexibility index (Phi) is 7.40. The molecule has 5 nitrogen and oxygen atoms in total. The van der Waals surface area contributed by atoms with Crippen LogP contribution in [-0.2, 0) is 11.3 Å². The lowest BCUT2D eigenvalue weighted by Crippen LogP contribution is -2.50. The number of ether oxygens (including phenoxy) is 2. The van der Waals surface area contributed by atoms with Crippen LogP contribution in [0.15, 0.2) is 54.6 Å². The highest BCUT2D eigenvalue weighted by molar-refractivity contribution is 6.48. The van der Waals surface area contributed by atoms with E-state index in [4.69, 9.17) is 32.7 Å². The van der Waals surface area contributed by atoms with Gasteiger partial charge in [-0.2, -0.15) is 0 Å². The van der Waals surface area contributed by atoms with Crippen LogP contribution in [-0.4, -0.2) is 34.9 Å². The lowest BCUT2D eigenvalue weighted by atomic mass is 9.93. The molecule has 1 fully saturated rings. The number of alkyl halides is 2. The van der Waals surface area contributed by atoms with Gasteiger partial charge in [0.15, 0.2) is 4.46 Å². The van der Waals surface area contributed by atoms with Crippen molar-refractivity contribution in [2.75, 3.05) is 13.2 Å². The second-order valence-corrected chi connectivity index (χ2v) is 8.48. The lowest BCUT2D eigenvalue weighted by Gasteiger charge is -2.40. The van der Waals surface area contributed by atoms with Gasteiger partial charge in [0.1, 0.15) is 18.6 Å². The van der Waals surface area contributed by atoms with E-state index in [1.165, 1.54) is 4.90 Å². The van der Waals surface area contributed by atoms with Crippen molar-refractivity contribution in [3.05, 3.63) is 65.7 Å². The largest absolute Gasteiger partial charge is 0.494 e. The number of carbonyl (C=O) groups excluding carboxylic acids is 2. The molecule has 0 N–H and O–H groups in total. The summed E-state index contributed by atoms with van der Waals surface area (Å²) in [5.41, 5.74) is 1.52. The quantitative estimate of drug-likeness (QED) is 0.329. The maximum Gasteiger partial charge on any atom is 0.412 e. The van der Waals surface area contributed by atoms with Crippen LogP contribution in [0, 0.1) is 5.92 Å². The van der Waals surface area contributed by atoms with E-state index in [2.05, 4.69) is 0 Å². The summed E-state index contributed by atoms with van der Waals surface area (Å²) < 4.78 is 9.79. The summed E-state index contributed by atoms with van der Waals surface area (Å²) in [5.74, 6) is 0.943. The highest BCUT2D eigenvalue weighted by Gasteiger charge is 2.42.